The summed E-state index contributed by atoms with van der Waals surface area (Å²) in [6.07, 6.45) is 2.33. The fourth-order valence-electron chi connectivity index (χ4n) is 4.13. The molecule has 36 heavy (non-hydrogen) atoms. The van der Waals surface area contributed by atoms with Crippen molar-refractivity contribution in [3.63, 3.8) is 0 Å². The number of piperidine rings is 1. The molecule has 0 radical (unpaired) electrons. The van der Waals surface area contributed by atoms with E-state index in [0.717, 1.165) is 30.9 Å². The minimum Gasteiger partial charge on any atom is -0.493 e. The van der Waals surface area contributed by atoms with Crippen molar-refractivity contribution in [2.45, 2.75) is 39.0 Å². The van der Waals surface area contributed by atoms with Crippen LogP contribution in [-0.2, 0) is 4.74 Å². The van der Waals surface area contributed by atoms with E-state index in [0.29, 0.717) is 60.7 Å². The number of methoxy groups -OCH3 is 3. The Kier molecular flexibility index (Phi) is 10.4. The van der Waals surface area contributed by atoms with Gasteiger partial charge in [0, 0.05) is 44.1 Å². The Morgan fingerprint density at radius 1 is 1.11 bits per heavy atom. The van der Waals surface area contributed by atoms with Gasteiger partial charge in [-0.1, -0.05) is 13.8 Å². The number of carbonyl (C=O) groups is 2. The molecule has 0 spiro atoms. The van der Waals surface area contributed by atoms with Crippen molar-refractivity contribution < 1.29 is 28.5 Å². The summed E-state index contributed by atoms with van der Waals surface area (Å²) >= 11 is 1.51. The van der Waals surface area contributed by atoms with Crippen molar-refractivity contribution in [1.29, 1.82) is 0 Å². The third-order valence-corrected chi connectivity index (χ3v) is 7.03. The van der Waals surface area contributed by atoms with Gasteiger partial charge in [-0.05, 0) is 37.3 Å². The van der Waals surface area contributed by atoms with E-state index in [9.17, 15) is 9.59 Å². The fraction of sp³-hybridized carbons (Fsp3) is 0.577. The van der Waals surface area contributed by atoms with Crippen molar-refractivity contribution in [3.05, 3.63) is 33.8 Å². The summed E-state index contributed by atoms with van der Waals surface area (Å²) in [5.74, 6) is 1.73. The predicted molar refractivity (Wildman–Crippen MR) is 139 cm³/mol. The molecule has 0 atom stereocenters. The molecule has 0 unspecified atom stereocenters. The van der Waals surface area contributed by atoms with Crippen LogP contribution >= 0.6 is 11.3 Å². The van der Waals surface area contributed by atoms with Crippen LogP contribution in [0.2, 0.25) is 0 Å². The molecule has 1 N–H and O–H groups in total. The fourth-order valence-corrected chi connectivity index (χ4v) is 5.11. The summed E-state index contributed by atoms with van der Waals surface area (Å²) < 4.78 is 21.8. The van der Waals surface area contributed by atoms with E-state index in [2.05, 4.69) is 24.1 Å². The molecule has 0 saturated carbocycles. The molecule has 1 fully saturated rings. The third kappa shape index (κ3) is 6.88. The molecule has 1 aliphatic heterocycles. The van der Waals surface area contributed by atoms with Gasteiger partial charge in [-0.3, -0.25) is 9.59 Å². The number of carbonyl (C=O) groups excluding carboxylic acids is 2. The number of nitrogens with zero attached hydrogens (tertiary/aromatic N) is 2. The SMILES string of the molecule is COc1ccc(C(=O)N2CCC(c3nc(C(=O)NCCCOCC(C)C)cs3)CC2)c(OC)c1OC. The molecule has 2 heterocycles. The van der Waals surface area contributed by atoms with Gasteiger partial charge in [0.15, 0.2) is 11.5 Å². The van der Waals surface area contributed by atoms with Crippen molar-refractivity contribution in [2.24, 2.45) is 5.92 Å². The lowest BCUT2D eigenvalue weighted by atomic mass is 9.97. The van der Waals surface area contributed by atoms with Crippen molar-refractivity contribution >= 4 is 23.2 Å². The molecule has 9 nitrogen and oxygen atoms in total. The van der Waals surface area contributed by atoms with Crippen molar-refractivity contribution in [3.8, 4) is 17.2 Å². The van der Waals surface area contributed by atoms with Gasteiger partial charge in [0.25, 0.3) is 11.8 Å². The second-order valence-corrected chi connectivity index (χ2v) is 9.99. The van der Waals surface area contributed by atoms with Gasteiger partial charge in [-0.15, -0.1) is 11.3 Å². The van der Waals surface area contributed by atoms with Crippen LogP contribution in [0, 0.1) is 5.92 Å². The van der Waals surface area contributed by atoms with Gasteiger partial charge in [0.05, 0.1) is 31.9 Å². The number of hydrogen-bond acceptors (Lipinski definition) is 8. The molecular weight excluding hydrogens is 482 g/mol. The number of aromatic nitrogens is 1. The monoisotopic (exact) mass is 519 g/mol. The number of nitrogens with one attached hydrogen (secondary N) is 1. The second kappa shape index (κ2) is 13.5. The molecule has 3 rings (SSSR count). The zero-order chi connectivity index (χ0) is 26.1. The van der Waals surface area contributed by atoms with Crippen LogP contribution < -0.4 is 19.5 Å². The first-order chi connectivity index (χ1) is 17.4. The molecule has 0 aliphatic carbocycles. The minimum atomic E-state index is -0.158. The smallest absolute Gasteiger partial charge is 0.270 e. The summed E-state index contributed by atoms with van der Waals surface area (Å²) in [6.45, 7) is 7.33. The topological polar surface area (TPSA) is 99.2 Å². The first-order valence-electron chi connectivity index (χ1n) is 12.3. The largest absolute Gasteiger partial charge is 0.493 e. The zero-order valence-electron chi connectivity index (χ0n) is 21.8. The highest BCUT2D eigenvalue weighted by Gasteiger charge is 2.29. The number of rotatable bonds is 12. The Morgan fingerprint density at radius 2 is 1.83 bits per heavy atom. The Balaban J connectivity index is 1.52. The molecule has 1 saturated heterocycles. The lowest BCUT2D eigenvalue weighted by Crippen LogP contribution is -2.38. The number of ether oxygens (including phenoxy) is 4. The maximum Gasteiger partial charge on any atom is 0.270 e. The minimum absolute atomic E-state index is 0.108. The Labute approximate surface area is 217 Å². The van der Waals surface area contributed by atoms with E-state index in [1.807, 2.05) is 10.3 Å². The van der Waals surface area contributed by atoms with Crippen molar-refractivity contribution in [1.82, 2.24) is 15.2 Å². The van der Waals surface area contributed by atoms with Gasteiger partial charge in [-0.2, -0.15) is 0 Å². The van der Waals surface area contributed by atoms with Gasteiger partial charge in [0.1, 0.15) is 5.69 Å². The Bertz CT molecular complexity index is 1020. The average Bonchev–Trinajstić information content (AvgIpc) is 3.39. The van der Waals surface area contributed by atoms with Gasteiger partial charge in [-0.25, -0.2) is 4.98 Å². The molecule has 198 valence electrons. The predicted octanol–water partition coefficient (Wildman–Crippen LogP) is 3.98. The molecular formula is C26H37N3O6S. The number of thiazole rings is 1. The molecule has 2 aromatic rings. The lowest BCUT2D eigenvalue weighted by molar-refractivity contribution is 0.0708. The second-order valence-electron chi connectivity index (χ2n) is 9.10. The Hall–Kier alpha value is -2.85. The first-order valence-corrected chi connectivity index (χ1v) is 13.2. The summed E-state index contributed by atoms with van der Waals surface area (Å²) in [5.41, 5.74) is 0.892. The standard InChI is InChI=1S/C26H37N3O6S/c1-17(2)15-35-14-6-11-27-24(30)20-16-36-25(28-20)18-9-12-29(13-10-18)26(31)19-7-8-21(32-3)23(34-5)22(19)33-4/h7-8,16-18H,6,9-15H2,1-5H3,(H,27,30). The first kappa shape index (κ1) is 27.7. The van der Waals surface area contributed by atoms with E-state index in [-0.39, 0.29) is 17.7 Å². The highest BCUT2D eigenvalue weighted by atomic mass is 32.1. The lowest BCUT2D eigenvalue weighted by Gasteiger charge is -2.31. The molecule has 2 amide bonds. The van der Waals surface area contributed by atoms with Crippen LogP contribution in [0.25, 0.3) is 0 Å². The van der Waals surface area contributed by atoms with E-state index >= 15 is 0 Å². The van der Waals surface area contributed by atoms with E-state index in [1.165, 1.54) is 25.6 Å². The number of benzene rings is 1. The van der Waals surface area contributed by atoms with Crippen LogP contribution in [0.15, 0.2) is 17.5 Å². The quantitative estimate of drug-likeness (QED) is 0.424. The maximum absolute atomic E-state index is 13.3. The van der Waals surface area contributed by atoms with Crippen LogP contribution in [0.5, 0.6) is 17.2 Å². The molecule has 1 aromatic heterocycles. The highest BCUT2D eigenvalue weighted by molar-refractivity contribution is 7.09. The van der Waals surface area contributed by atoms with E-state index < -0.39 is 0 Å². The van der Waals surface area contributed by atoms with Crippen molar-refractivity contribution in [2.75, 3.05) is 54.2 Å². The van der Waals surface area contributed by atoms with Crippen LogP contribution in [0.1, 0.15) is 64.9 Å². The van der Waals surface area contributed by atoms with Crippen LogP contribution in [0.3, 0.4) is 0 Å². The van der Waals surface area contributed by atoms with E-state index in [1.54, 1.807) is 19.2 Å². The van der Waals surface area contributed by atoms with Gasteiger partial charge < -0.3 is 29.2 Å². The van der Waals surface area contributed by atoms with Gasteiger partial charge in [0.2, 0.25) is 5.75 Å². The van der Waals surface area contributed by atoms with E-state index in [4.69, 9.17) is 18.9 Å². The number of hydrogen-bond donors (Lipinski definition) is 1. The molecule has 1 aromatic carbocycles. The number of likely N-dealkylation sites (tertiary alicyclic amines) is 1. The summed E-state index contributed by atoms with van der Waals surface area (Å²) in [6, 6.07) is 3.42. The Morgan fingerprint density at radius 3 is 2.47 bits per heavy atom. The molecule has 0 bridgehead atoms. The number of amides is 2. The van der Waals surface area contributed by atoms with Crippen LogP contribution in [-0.4, -0.2) is 75.9 Å². The average molecular weight is 520 g/mol. The third-order valence-electron chi connectivity index (χ3n) is 6.02. The van der Waals surface area contributed by atoms with Crippen LogP contribution in [0.4, 0.5) is 0 Å². The summed E-state index contributed by atoms with van der Waals surface area (Å²) in [5, 5.41) is 5.67. The molecule has 10 heteroatoms. The maximum atomic E-state index is 13.3. The normalized spacial score (nSPS) is 14.1. The zero-order valence-corrected chi connectivity index (χ0v) is 22.6. The molecule has 1 aliphatic rings. The summed E-state index contributed by atoms with van der Waals surface area (Å²) in [4.78, 5) is 32.1. The summed E-state index contributed by atoms with van der Waals surface area (Å²) in [7, 11) is 4.57. The highest BCUT2D eigenvalue weighted by Crippen LogP contribution is 2.40. The van der Waals surface area contributed by atoms with Gasteiger partial charge >= 0.3 is 0 Å².